The van der Waals surface area contributed by atoms with Crippen molar-refractivity contribution < 1.29 is 4.42 Å². The molecule has 0 spiro atoms. The predicted molar refractivity (Wildman–Crippen MR) is 101 cm³/mol. The number of nitrogens with zero attached hydrogens (tertiary/aromatic N) is 4. The SMILES string of the molecule is CCc1nnc(NCC(c2ccc(C)o2)N2CCCC2)c(C#N)c1CC. The van der Waals surface area contributed by atoms with Crippen LogP contribution in [0.2, 0.25) is 0 Å². The van der Waals surface area contributed by atoms with Crippen LogP contribution >= 0.6 is 0 Å². The first kappa shape index (κ1) is 18.4. The number of anilines is 1. The van der Waals surface area contributed by atoms with Gasteiger partial charge in [0.2, 0.25) is 0 Å². The summed E-state index contributed by atoms with van der Waals surface area (Å²) in [6.07, 6.45) is 3.99. The molecule has 0 bridgehead atoms. The Morgan fingerprint density at radius 1 is 1.23 bits per heavy atom. The molecule has 0 amide bonds. The van der Waals surface area contributed by atoms with Gasteiger partial charge in [-0.25, -0.2) is 0 Å². The Kier molecular flexibility index (Phi) is 5.89. The van der Waals surface area contributed by atoms with Crippen LogP contribution < -0.4 is 5.32 Å². The first-order valence-corrected chi connectivity index (χ1v) is 9.50. The molecule has 2 aromatic heterocycles. The number of rotatable bonds is 7. The maximum absolute atomic E-state index is 9.66. The van der Waals surface area contributed by atoms with Crippen LogP contribution in [0.25, 0.3) is 0 Å². The molecule has 2 aromatic rings. The van der Waals surface area contributed by atoms with Crippen LogP contribution in [0.1, 0.15) is 61.1 Å². The number of aromatic nitrogens is 2. The summed E-state index contributed by atoms with van der Waals surface area (Å²) in [5.41, 5.74) is 2.53. The molecule has 1 unspecified atom stereocenters. The monoisotopic (exact) mass is 353 g/mol. The Morgan fingerprint density at radius 3 is 2.58 bits per heavy atom. The van der Waals surface area contributed by atoms with Crippen molar-refractivity contribution in [2.45, 2.75) is 52.5 Å². The Balaban J connectivity index is 1.84. The van der Waals surface area contributed by atoms with Gasteiger partial charge in [-0.05, 0) is 63.4 Å². The Morgan fingerprint density at radius 2 is 2.00 bits per heavy atom. The molecule has 26 heavy (non-hydrogen) atoms. The summed E-state index contributed by atoms with van der Waals surface area (Å²) in [6.45, 7) is 8.84. The third-order valence-electron chi connectivity index (χ3n) is 5.09. The van der Waals surface area contributed by atoms with Gasteiger partial charge in [0.1, 0.15) is 23.2 Å². The Hall–Kier alpha value is -2.39. The molecule has 0 aromatic carbocycles. The molecule has 0 radical (unpaired) electrons. The van der Waals surface area contributed by atoms with E-state index in [4.69, 9.17) is 4.42 Å². The van der Waals surface area contributed by atoms with Gasteiger partial charge >= 0.3 is 0 Å². The highest BCUT2D eigenvalue weighted by molar-refractivity contribution is 5.56. The van der Waals surface area contributed by atoms with Crippen LogP contribution in [0.4, 0.5) is 5.82 Å². The summed E-state index contributed by atoms with van der Waals surface area (Å²) < 4.78 is 5.90. The smallest absolute Gasteiger partial charge is 0.167 e. The van der Waals surface area contributed by atoms with E-state index in [1.165, 1.54) is 12.8 Å². The zero-order valence-corrected chi connectivity index (χ0v) is 15.9. The standard InChI is InChI=1S/C20H27N5O/c1-4-15-16(12-21)20(24-23-17(15)5-2)22-13-18(25-10-6-7-11-25)19-9-8-14(3)26-19/h8-9,18H,4-7,10-11,13H2,1-3H3,(H,22,24). The lowest BCUT2D eigenvalue weighted by molar-refractivity contribution is 0.223. The first-order valence-electron chi connectivity index (χ1n) is 9.50. The van der Waals surface area contributed by atoms with Crippen LogP contribution in [0, 0.1) is 18.3 Å². The van der Waals surface area contributed by atoms with E-state index in [-0.39, 0.29) is 6.04 Å². The van der Waals surface area contributed by atoms with Crippen LogP contribution in [0.5, 0.6) is 0 Å². The van der Waals surface area contributed by atoms with Gasteiger partial charge in [-0.15, -0.1) is 5.10 Å². The van der Waals surface area contributed by atoms with Gasteiger partial charge in [-0.1, -0.05) is 13.8 Å². The molecule has 3 heterocycles. The predicted octanol–water partition coefficient (Wildman–Crippen LogP) is 3.62. The lowest BCUT2D eigenvalue weighted by Gasteiger charge is -2.26. The topological polar surface area (TPSA) is 78.0 Å². The second-order valence-corrected chi connectivity index (χ2v) is 6.76. The second-order valence-electron chi connectivity index (χ2n) is 6.76. The highest BCUT2D eigenvalue weighted by atomic mass is 16.3. The van der Waals surface area contributed by atoms with Crippen molar-refractivity contribution in [1.29, 1.82) is 5.26 Å². The minimum absolute atomic E-state index is 0.135. The largest absolute Gasteiger partial charge is 0.465 e. The summed E-state index contributed by atoms with van der Waals surface area (Å²) in [7, 11) is 0. The zero-order chi connectivity index (χ0) is 18.5. The van der Waals surface area contributed by atoms with Crippen molar-refractivity contribution in [3.05, 3.63) is 40.5 Å². The van der Waals surface area contributed by atoms with E-state index in [0.29, 0.717) is 17.9 Å². The van der Waals surface area contributed by atoms with Crippen molar-refractivity contribution in [2.75, 3.05) is 25.0 Å². The highest BCUT2D eigenvalue weighted by Crippen LogP contribution is 2.28. The first-order chi connectivity index (χ1) is 12.7. The minimum Gasteiger partial charge on any atom is -0.465 e. The lowest BCUT2D eigenvalue weighted by Crippen LogP contribution is -2.31. The fourth-order valence-corrected chi connectivity index (χ4v) is 3.71. The van der Waals surface area contributed by atoms with Gasteiger partial charge in [0.15, 0.2) is 5.82 Å². The molecular formula is C20H27N5O. The van der Waals surface area contributed by atoms with Crippen LogP contribution in [-0.2, 0) is 12.8 Å². The van der Waals surface area contributed by atoms with Gasteiger partial charge in [0, 0.05) is 6.54 Å². The maximum Gasteiger partial charge on any atom is 0.167 e. The Labute approximate surface area is 155 Å². The highest BCUT2D eigenvalue weighted by Gasteiger charge is 2.26. The molecular weight excluding hydrogens is 326 g/mol. The average Bonchev–Trinajstić information content (AvgIpc) is 3.33. The van der Waals surface area contributed by atoms with Crippen molar-refractivity contribution in [3.63, 3.8) is 0 Å². The van der Waals surface area contributed by atoms with E-state index in [0.717, 1.165) is 48.7 Å². The molecule has 0 aliphatic carbocycles. The molecule has 138 valence electrons. The van der Waals surface area contributed by atoms with Gasteiger partial charge in [-0.3, -0.25) is 4.90 Å². The number of likely N-dealkylation sites (tertiary alicyclic amines) is 1. The van der Waals surface area contributed by atoms with Crippen molar-refractivity contribution >= 4 is 5.82 Å². The number of hydrogen-bond donors (Lipinski definition) is 1. The zero-order valence-electron chi connectivity index (χ0n) is 15.9. The second kappa shape index (κ2) is 8.33. The summed E-state index contributed by atoms with van der Waals surface area (Å²) in [4.78, 5) is 2.44. The quantitative estimate of drug-likeness (QED) is 0.819. The van der Waals surface area contributed by atoms with E-state index >= 15 is 0 Å². The lowest BCUT2D eigenvalue weighted by atomic mass is 10.0. The van der Waals surface area contributed by atoms with E-state index in [9.17, 15) is 5.26 Å². The van der Waals surface area contributed by atoms with E-state index in [2.05, 4.69) is 39.5 Å². The van der Waals surface area contributed by atoms with E-state index in [1.54, 1.807) is 0 Å². The summed E-state index contributed by atoms with van der Waals surface area (Å²) >= 11 is 0. The molecule has 1 N–H and O–H groups in total. The summed E-state index contributed by atoms with van der Waals surface area (Å²) in [6, 6.07) is 6.51. The van der Waals surface area contributed by atoms with Crippen molar-refractivity contribution in [2.24, 2.45) is 0 Å². The van der Waals surface area contributed by atoms with Crippen molar-refractivity contribution in [3.8, 4) is 6.07 Å². The van der Waals surface area contributed by atoms with Gasteiger partial charge in [-0.2, -0.15) is 10.4 Å². The fourth-order valence-electron chi connectivity index (χ4n) is 3.71. The maximum atomic E-state index is 9.66. The normalized spacial score (nSPS) is 15.8. The van der Waals surface area contributed by atoms with Gasteiger partial charge in [0.25, 0.3) is 0 Å². The van der Waals surface area contributed by atoms with Gasteiger partial charge in [0.05, 0.1) is 11.7 Å². The van der Waals surface area contributed by atoms with Crippen molar-refractivity contribution in [1.82, 2.24) is 15.1 Å². The Bertz CT molecular complexity index is 786. The number of nitrogens with one attached hydrogen (secondary N) is 1. The average molecular weight is 353 g/mol. The molecule has 6 heteroatoms. The van der Waals surface area contributed by atoms with Gasteiger partial charge < -0.3 is 9.73 Å². The number of hydrogen-bond acceptors (Lipinski definition) is 6. The molecule has 0 saturated carbocycles. The number of aryl methyl sites for hydroxylation is 2. The third-order valence-corrected chi connectivity index (χ3v) is 5.09. The fraction of sp³-hybridized carbons (Fsp3) is 0.550. The van der Waals surface area contributed by atoms with Crippen LogP contribution in [0.3, 0.4) is 0 Å². The molecule has 1 saturated heterocycles. The van der Waals surface area contributed by atoms with Crippen LogP contribution in [-0.4, -0.2) is 34.7 Å². The molecule has 1 atom stereocenters. The minimum atomic E-state index is 0.135. The number of furan rings is 1. The molecule has 1 aliphatic rings. The molecule has 1 fully saturated rings. The third kappa shape index (κ3) is 3.73. The van der Waals surface area contributed by atoms with E-state index in [1.807, 2.05) is 19.9 Å². The summed E-state index contributed by atoms with van der Waals surface area (Å²) in [5, 5.41) is 21.7. The molecule has 3 rings (SSSR count). The summed E-state index contributed by atoms with van der Waals surface area (Å²) in [5.74, 6) is 2.46. The van der Waals surface area contributed by atoms with Crippen LogP contribution in [0.15, 0.2) is 16.5 Å². The van der Waals surface area contributed by atoms with E-state index < -0.39 is 0 Å². The number of nitriles is 1. The molecule has 1 aliphatic heterocycles. The molecule has 6 nitrogen and oxygen atoms in total.